The summed E-state index contributed by atoms with van der Waals surface area (Å²) in [6, 6.07) is 17.4. The minimum absolute atomic E-state index is 0.0573. The van der Waals surface area contributed by atoms with E-state index in [1.807, 2.05) is 6.92 Å². The summed E-state index contributed by atoms with van der Waals surface area (Å²) in [6.45, 7) is 2.37. The van der Waals surface area contributed by atoms with Crippen molar-refractivity contribution in [1.82, 2.24) is 0 Å². The van der Waals surface area contributed by atoms with Crippen molar-refractivity contribution in [3.63, 3.8) is 0 Å². The average Bonchev–Trinajstić information content (AvgIpc) is 2.71. The van der Waals surface area contributed by atoms with E-state index in [0.29, 0.717) is 23.7 Å². The second kappa shape index (κ2) is 8.74. The summed E-state index contributed by atoms with van der Waals surface area (Å²) < 4.78 is 46.1. The van der Waals surface area contributed by atoms with Crippen LogP contribution in [0.3, 0.4) is 0 Å². The Morgan fingerprint density at radius 3 is 2.28 bits per heavy atom. The monoisotopic (exact) mass is 414 g/mol. The third-order valence-corrected chi connectivity index (χ3v) is 5.31. The van der Waals surface area contributed by atoms with Gasteiger partial charge in [-0.3, -0.25) is 9.52 Å². The molecule has 2 N–H and O–H groups in total. The molecule has 0 atom stereocenters. The Hall–Kier alpha value is -3.39. The Balaban J connectivity index is 1.76. The van der Waals surface area contributed by atoms with E-state index in [4.69, 9.17) is 4.74 Å². The van der Waals surface area contributed by atoms with Crippen LogP contribution in [-0.4, -0.2) is 20.9 Å². The molecule has 1 amide bonds. The fraction of sp³-hybridized carbons (Fsp3) is 0.0952. The van der Waals surface area contributed by atoms with Gasteiger partial charge in [-0.1, -0.05) is 6.07 Å². The van der Waals surface area contributed by atoms with E-state index in [9.17, 15) is 17.6 Å². The minimum Gasteiger partial charge on any atom is -0.494 e. The lowest BCUT2D eigenvalue weighted by molar-refractivity contribution is 0.102. The number of halogens is 1. The van der Waals surface area contributed by atoms with Crippen molar-refractivity contribution in [1.29, 1.82) is 0 Å². The molecule has 3 aromatic rings. The maximum absolute atomic E-state index is 13.0. The predicted molar refractivity (Wildman–Crippen MR) is 109 cm³/mol. The number of rotatable bonds is 7. The number of hydrogen-bond donors (Lipinski definition) is 2. The predicted octanol–water partition coefficient (Wildman–Crippen LogP) is 4.28. The van der Waals surface area contributed by atoms with E-state index in [1.54, 1.807) is 24.3 Å². The number of sulfonamides is 1. The zero-order valence-corrected chi connectivity index (χ0v) is 16.4. The zero-order chi connectivity index (χ0) is 20.9. The number of carbonyl (C=O) groups excluding carboxylic acids is 1. The van der Waals surface area contributed by atoms with Crippen LogP contribution in [-0.2, 0) is 10.0 Å². The number of benzene rings is 3. The standard InChI is InChI=1S/C21H19FN2O4S/c1-2-28-19-12-10-18(11-13-19)24-29(26,27)20-5-3-4-15(14-20)21(25)23-17-8-6-16(22)7-9-17/h3-14,24H,2H2,1H3,(H,23,25). The second-order valence-electron chi connectivity index (χ2n) is 6.05. The molecule has 6 nitrogen and oxygen atoms in total. The molecule has 3 aromatic carbocycles. The van der Waals surface area contributed by atoms with Gasteiger partial charge in [-0.15, -0.1) is 0 Å². The second-order valence-corrected chi connectivity index (χ2v) is 7.73. The third kappa shape index (κ3) is 5.32. The Morgan fingerprint density at radius 1 is 0.966 bits per heavy atom. The largest absolute Gasteiger partial charge is 0.494 e. The summed E-state index contributed by atoms with van der Waals surface area (Å²) in [5.74, 6) is -0.291. The first kappa shape index (κ1) is 20.3. The van der Waals surface area contributed by atoms with Crippen molar-refractivity contribution in [3.8, 4) is 5.75 Å². The van der Waals surface area contributed by atoms with Gasteiger partial charge in [0.1, 0.15) is 11.6 Å². The van der Waals surface area contributed by atoms with Gasteiger partial charge in [0.05, 0.1) is 11.5 Å². The molecule has 29 heavy (non-hydrogen) atoms. The summed E-state index contributed by atoms with van der Waals surface area (Å²) >= 11 is 0. The van der Waals surface area contributed by atoms with Crippen molar-refractivity contribution in [2.24, 2.45) is 0 Å². The van der Waals surface area contributed by atoms with Crippen LogP contribution in [0.5, 0.6) is 5.75 Å². The first-order valence-electron chi connectivity index (χ1n) is 8.80. The Bertz CT molecular complexity index is 1100. The van der Waals surface area contributed by atoms with Crippen molar-refractivity contribution in [2.75, 3.05) is 16.6 Å². The SMILES string of the molecule is CCOc1ccc(NS(=O)(=O)c2cccc(C(=O)Nc3ccc(F)cc3)c2)cc1. The molecule has 0 aliphatic carbocycles. The van der Waals surface area contributed by atoms with Crippen molar-refractivity contribution in [2.45, 2.75) is 11.8 Å². The van der Waals surface area contributed by atoms with Crippen LogP contribution in [0.2, 0.25) is 0 Å². The van der Waals surface area contributed by atoms with Gasteiger partial charge in [0.2, 0.25) is 0 Å². The van der Waals surface area contributed by atoms with Gasteiger partial charge >= 0.3 is 0 Å². The molecule has 0 unspecified atom stereocenters. The third-order valence-electron chi connectivity index (χ3n) is 3.93. The van der Waals surface area contributed by atoms with Crippen LogP contribution in [0.25, 0.3) is 0 Å². The van der Waals surface area contributed by atoms with E-state index < -0.39 is 21.7 Å². The normalized spacial score (nSPS) is 11.0. The van der Waals surface area contributed by atoms with Gasteiger partial charge in [0, 0.05) is 16.9 Å². The molecule has 150 valence electrons. The van der Waals surface area contributed by atoms with Crippen LogP contribution in [0.4, 0.5) is 15.8 Å². The lowest BCUT2D eigenvalue weighted by Crippen LogP contribution is -2.16. The Labute approximate surface area is 168 Å². The maximum Gasteiger partial charge on any atom is 0.261 e. The zero-order valence-electron chi connectivity index (χ0n) is 15.6. The van der Waals surface area contributed by atoms with Gasteiger partial charge in [-0.2, -0.15) is 0 Å². The van der Waals surface area contributed by atoms with Crippen LogP contribution < -0.4 is 14.8 Å². The molecule has 8 heteroatoms. The molecule has 0 bridgehead atoms. The summed E-state index contributed by atoms with van der Waals surface area (Å²) in [4.78, 5) is 12.3. The molecule has 0 aliphatic rings. The van der Waals surface area contributed by atoms with Crippen molar-refractivity contribution in [3.05, 3.63) is 84.2 Å². The maximum atomic E-state index is 13.0. The summed E-state index contributed by atoms with van der Waals surface area (Å²) in [6.07, 6.45) is 0. The quantitative estimate of drug-likeness (QED) is 0.604. The number of nitrogens with one attached hydrogen (secondary N) is 2. The van der Waals surface area contributed by atoms with Gasteiger partial charge < -0.3 is 10.1 Å². The van der Waals surface area contributed by atoms with Gasteiger partial charge in [0.25, 0.3) is 15.9 Å². The highest BCUT2D eigenvalue weighted by Gasteiger charge is 2.17. The molecule has 3 rings (SSSR count). The summed E-state index contributed by atoms with van der Waals surface area (Å²) in [7, 11) is -3.89. The molecule has 0 spiro atoms. The molecular weight excluding hydrogens is 395 g/mol. The topological polar surface area (TPSA) is 84.5 Å². The number of ether oxygens (including phenoxy) is 1. The fourth-order valence-corrected chi connectivity index (χ4v) is 3.64. The lowest BCUT2D eigenvalue weighted by atomic mass is 10.2. The first-order valence-corrected chi connectivity index (χ1v) is 10.3. The molecule has 0 radical (unpaired) electrons. The minimum atomic E-state index is -3.89. The van der Waals surface area contributed by atoms with E-state index in [0.717, 1.165) is 0 Å². The number of hydrogen-bond acceptors (Lipinski definition) is 4. The van der Waals surface area contributed by atoms with E-state index >= 15 is 0 Å². The Morgan fingerprint density at radius 2 is 1.62 bits per heavy atom. The molecule has 0 fully saturated rings. The van der Waals surface area contributed by atoms with Crippen LogP contribution in [0.1, 0.15) is 17.3 Å². The van der Waals surface area contributed by atoms with Crippen molar-refractivity contribution >= 4 is 27.3 Å². The van der Waals surface area contributed by atoms with Gasteiger partial charge in [-0.25, -0.2) is 12.8 Å². The van der Waals surface area contributed by atoms with E-state index in [2.05, 4.69) is 10.0 Å². The van der Waals surface area contributed by atoms with Crippen LogP contribution in [0, 0.1) is 5.82 Å². The molecule has 0 saturated heterocycles. The smallest absolute Gasteiger partial charge is 0.261 e. The lowest BCUT2D eigenvalue weighted by Gasteiger charge is -2.11. The summed E-state index contributed by atoms with van der Waals surface area (Å²) in [5.41, 5.74) is 0.927. The van der Waals surface area contributed by atoms with Crippen LogP contribution >= 0.6 is 0 Å². The highest BCUT2D eigenvalue weighted by atomic mass is 32.2. The van der Waals surface area contributed by atoms with E-state index in [-0.39, 0.29) is 10.5 Å². The highest BCUT2D eigenvalue weighted by Crippen LogP contribution is 2.21. The van der Waals surface area contributed by atoms with E-state index in [1.165, 1.54) is 48.5 Å². The Kier molecular flexibility index (Phi) is 6.13. The van der Waals surface area contributed by atoms with Gasteiger partial charge in [-0.05, 0) is 73.7 Å². The molecule has 0 aromatic heterocycles. The van der Waals surface area contributed by atoms with Crippen LogP contribution in [0.15, 0.2) is 77.7 Å². The summed E-state index contributed by atoms with van der Waals surface area (Å²) in [5, 5.41) is 2.60. The van der Waals surface area contributed by atoms with Crippen molar-refractivity contribution < 1.29 is 22.3 Å². The van der Waals surface area contributed by atoms with Gasteiger partial charge in [0.15, 0.2) is 0 Å². The number of carbonyl (C=O) groups is 1. The molecule has 0 saturated carbocycles. The number of anilines is 2. The average molecular weight is 414 g/mol. The fourth-order valence-electron chi connectivity index (χ4n) is 2.54. The number of amides is 1. The molecular formula is C21H19FN2O4S. The highest BCUT2D eigenvalue weighted by molar-refractivity contribution is 7.92. The molecule has 0 heterocycles. The first-order chi connectivity index (χ1) is 13.9. The molecule has 0 aliphatic heterocycles.